The van der Waals surface area contributed by atoms with E-state index in [2.05, 4.69) is 53.3 Å². The van der Waals surface area contributed by atoms with E-state index in [4.69, 9.17) is 0 Å². The number of anilines is 1. The first-order valence-electron chi connectivity index (χ1n) is 8.47. The van der Waals surface area contributed by atoms with Gasteiger partial charge in [0.15, 0.2) is 5.82 Å². The summed E-state index contributed by atoms with van der Waals surface area (Å²) in [6.07, 6.45) is 5.28. The van der Waals surface area contributed by atoms with Crippen molar-refractivity contribution in [3.63, 3.8) is 0 Å². The molecule has 0 aromatic carbocycles. The summed E-state index contributed by atoms with van der Waals surface area (Å²) in [6.45, 7) is 10.8. The van der Waals surface area contributed by atoms with Crippen LogP contribution >= 0.6 is 0 Å². The molecule has 21 heavy (non-hydrogen) atoms. The van der Waals surface area contributed by atoms with Gasteiger partial charge in [0.2, 0.25) is 0 Å². The molecule has 0 spiro atoms. The number of piperidine rings is 1. The fourth-order valence-electron chi connectivity index (χ4n) is 2.96. The Morgan fingerprint density at radius 2 is 2.00 bits per heavy atom. The highest BCUT2D eigenvalue weighted by Gasteiger charge is 2.19. The summed E-state index contributed by atoms with van der Waals surface area (Å²) in [5, 5.41) is 12.2. The van der Waals surface area contributed by atoms with Gasteiger partial charge in [-0.2, -0.15) is 5.10 Å². The maximum absolute atomic E-state index is 4.41. The molecular formula is C17H30N4. The summed E-state index contributed by atoms with van der Waals surface area (Å²) in [5.41, 5.74) is 1.03. The molecule has 4 nitrogen and oxygen atoms in total. The predicted octanol–water partition coefficient (Wildman–Crippen LogP) is 3.24. The third kappa shape index (κ3) is 5.27. The molecule has 4 heteroatoms. The molecule has 0 saturated carbocycles. The molecule has 0 aliphatic carbocycles. The van der Waals surface area contributed by atoms with Gasteiger partial charge >= 0.3 is 0 Å². The normalized spacial score (nSPS) is 16.7. The van der Waals surface area contributed by atoms with Crippen molar-refractivity contribution in [1.82, 2.24) is 15.5 Å². The van der Waals surface area contributed by atoms with E-state index in [1.807, 2.05) is 0 Å². The average Bonchev–Trinajstić information content (AvgIpc) is 2.49. The van der Waals surface area contributed by atoms with Crippen molar-refractivity contribution in [3.05, 3.63) is 17.8 Å². The van der Waals surface area contributed by atoms with Crippen LogP contribution in [0.15, 0.2) is 12.1 Å². The molecule has 118 valence electrons. The molecule has 1 aromatic rings. The van der Waals surface area contributed by atoms with Crippen LogP contribution in [-0.2, 0) is 6.54 Å². The van der Waals surface area contributed by atoms with Gasteiger partial charge in [-0.05, 0) is 43.4 Å². The van der Waals surface area contributed by atoms with Crippen LogP contribution in [0.4, 0.5) is 5.82 Å². The molecule has 0 bridgehead atoms. The third-order valence-corrected chi connectivity index (χ3v) is 4.20. The van der Waals surface area contributed by atoms with E-state index in [0.717, 1.165) is 43.6 Å². The number of hydrogen-bond acceptors (Lipinski definition) is 4. The molecule has 1 aromatic heterocycles. The number of rotatable bonds is 7. The monoisotopic (exact) mass is 290 g/mol. The molecule has 1 aliphatic rings. The summed E-state index contributed by atoms with van der Waals surface area (Å²) in [6, 6.07) is 4.23. The quantitative estimate of drug-likeness (QED) is 0.837. The molecule has 1 aliphatic heterocycles. The highest BCUT2D eigenvalue weighted by molar-refractivity contribution is 5.37. The van der Waals surface area contributed by atoms with E-state index in [9.17, 15) is 0 Å². The minimum atomic E-state index is 0.668. The van der Waals surface area contributed by atoms with Gasteiger partial charge in [0, 0.05) is 19.6 Å². The zero-order chi connectivity index (χ0) is 15.1. The van der Waals surface area contributed by atoms with Crippen LogP contribution < -0.4 is 10.2 Å². The number of hydrogen-bond donors (Lipinski definition) is 1. The minimum Gasteiger partial charge on any atom is -0.355 e. The van der Waals surface area contributed by atoms with E-state index < -0.39 is 0 Å². The Balaban J connectivity index is 1.79. The van der Waals surface area contributed by atoms with Crippen molar-refractivity contribution < 1.29 is 0 Å². The summed E-state index contributed by atoms with van der Waals surface area (Å²) < 4.78 is 0. The number of aromatic nitrogens is 2. The number of nitrogens with one attached hydrogen (secondary N) is 1. The summed E-state index contributed by atoms with van der Waals surface area (Å²) in [5.74, 6) is 2.62. The van der Waals surface area contributed by atoms with Crippen molar-refractivity contribution in [2.45, 2.75) is 53.0 Å². The Morgan fingerprint density at radius 3 is 2.57 bits per heavy atom. The standard InChI is InChI=1S/C17H30N4/c1-4-5-15-8-10-21(11-9-15)17-7-6-16(19-20-17)13-18-12-14(2)3/h6-7,14-15,18H,4-5,8-13H2,1-3H3. The van der Waals surface area contributed by atoms with Crippen LogP contribution in [0, 0.1) is 11.8 Å². The van der Waals surface area contributed by atoms with Crippen LogP contribution in [0.1, 0.15) is 52.1 Å². The molecule has 0 radical (unpaired) electrons. The van der Waals surface area contributed by atoms with Crippen LogP contribution in [0.2, 0.25) is 0 Å². The van der Waals surface area contributed by atoms with E-state index in [0.29, 0.717) is 5.92 Å². The Morgan fingerprint density at radius 1 is 1.24 bits per heavy atom. The Kier molecular flexibility index (Phi) is 6.43. The lowest BCUT2D eigenvalue weighted by molar-refractivity contribution is 0.377. The van der Waals surface area contributed by atoms with Crippen molar-refractivity contribution in [2.24, 2.45) is 11.8 Å². The van der Waals surface area contributed by atoms with Gasteiger partial charge in [0.05, 0.1) is 5.69 Å². The lowest BCUT2D eigenvalue weighted by Crippen LogP contribution is -2.34. The molecule has 0 amide bonds. The largest absolute Gasteiger partial charge is 0.355 e. The zero-order valence-corrected chi connectivity index (χ0v) is 13.8. The molecule has 2 rings (SSSR count). The van der Waals surface area contributed by atoms with Crippen LogP contribution in [-0.4, -0.2) is 29.8 Å². The second kappa shape index (κ2) is 8.32. The van der Waals surface area contributed by atoms with E-state index >= 15 is 0 Å². The highest BCUT2D eigenvalue weighted by Crippen LogP contribution is 2.24. The number of nitrogens with zero attached hydrogens (tertiary/aromatic N) is 3. The van der Waals surface area contributed by atoms with Gasteiger partial charge in [-0.1, -0.05) is 33.6 Å². The summed E-state index contributed by atoms with van der Waals surface area (Å²) >= 11 is 0. The zero-order valence-electron chi connectivity index (χ0n) is 13.8. The average molecular weight is 290 g/mol. The second-order valence-corrected chi connectivity index (χ2v) is 6.63. The van der Waals surface area contributed by atoms with Crippen LogP contribution in [0.25, 0.3) is 0 Å². The Labute approximate surface area is 129 Å². The first kappa shape index (κ1) is 16.2. The van der Waals surface area contributed by atoms with Crippen LogP contribution in [0.3, 0.4) is 0 Å². The van der Waals surface area contributed by atoms with Crippen molar-refractivity contribution in [3.8, 4) is 0 Å². The maximum Gasteiger partial charge on any atom is 0.151 e. The van der Waals surface area contributed by atoms with Crippen molar-refractivity contribution in [2.75, 3.05) is 24.5 Å². The molecule has 0 atom stereocenters. The topological polar surface area (TPSA) is 41.0 Å². The second-order valence-electron chi connectivity index (χ2n) is 6.63. The molecule has 1 fully saturated rings. The minimum absolute atomic E-state index is 0.668. The van der Waals surface area contributed by atoms with Crippen molar-refractivity contribution in [1.29, 1.82) is 0 Å². The van der Waals surface area contributed by atoms with E-state index in [1.54, 1.807) is 0 Å². The molecular weight excluding hydrogens is 260 g/mol. The Bertz CT molecular complexity index is 394. The fourth-order valence-corrected chi connectivity index (χ4v) is 2.96. The predicted molar refractivity (Wildman–Crippen MR) is 88.4 cm³/mol. The molecule has 1 saturated heterocycles. The summed E-state index contributed by atoms with van der Waals surface area (Å²) in [4.78, 5) is 2.38. The van der Waals surface area contributed by atoms with E-state index in [-0.39, 0.29) is 0 Å². The van der Waals surface area contributed by atoms with Gasteiger partial charge in [-0.15, -0.1) is 5.10 Å². The lowest BCUT2D eigenvalue weighted by atomic mass is 9.92. The fraction of sp³-hybridized carbons (Fsp3) is 0.765. The smallest absolute Gasteiger partial charge is 0.151 e. The van der Waals surface area contributed by atoms with Gasteiger partial charge in [0.25, 0.3) is 0 Å². The van der Waals surface area contributed by atoms with Crippen molar-refractivity contribution >= 4 is 5.82 Å². The van der Waals surface area contributed by atoms with Gasteiger partial charge in [-0.3, -0.25) is 0 Å². The first-order valence-corrected chi connectivity index (χ1v) is 8.47. The van der Waals surface area contributed by atoms with Gasteiger partial charge < -0.3 is 10.2 Å². The molecule has 0 unspecified atom stereocenters. The third-order valence-electron chi connectivity index (χ3n) is 4.20. The van der Waals surface area contributed by atoms with Gasteiger partial charge in [0.1, 0.15) is 0 Å². The summed E-state index contributed by atoms with van der Waals surface area (Å²) in [7, 11) is 0. The first-order chi connectivity index (χ1) is 10.2. The SMILES string of the molecule is CCCC1CCN(c2ccc(CNCC(C)C)nn2)CC1. The highest BCUT2D eigenvalue weighted by atomic mass is 15.3. The molecule has 2 heterocycles. The lowest BCUT2D eigenvalue weighted by Gasteiger charge is -2.32. The van der Waals surface area contributed by atoms with E-state index in [1.165, 1.54) is 25.7 Å². The van der Waals surface area contributed by atoms with Crippen LogP contribution in [0.5, 0.6) is 0 Å². The Hall–Kier alpha value is -1.16. The maximum atomic E-state index is 4.41. The molecule has 1 N–H and O–H groups in total. The van der Waals surface area contributed by atoms with Gasteiger partial charge in [-0.25, -0.2) is 0 Å².